The van der Waals surface area contributed by atoms with Crippen molar-refractivity contribution >= 4 is 17.4 Å². The Kier molecular flexibility index (Phi) is 4.11. The number of aromatic nitrogens is 4. The van der Waals surface area contributed by atoms with Gasteiger partial charge in [-0.3, -0.25) is 4.40 Å². The maximum Gasteiger partial charge on any atom is 0.343 e. The fraction of sp³-hybridized carbons (Fsp3) is 0.214. The molecule has 3 heterocycles. The third-order valence-corrected chi connectivity index (χ3v) is 3.00. The topological polar surface area (TPSA) is 87.4 Å². The van der Waals surface area contributed by atoms with Gasteiger partial charge in [-0.15, -0.1) is 0 Å². The summed E-state index contributed by atoms with van der Waals surface area (Å²) in [5, 5.41) is 4.07. The molecule has 3 rings (SSSR count). The second-order valence-electron chi connectivity index (χ2n) is 4.24. The quantitative estimate of drug-likeness (QED) is 0.748. The Balaban J connectivity index is 0.00000176. The zero-order chi connectivity index (χ0) is 15.0. The van der Waals surface area contributed by atoms with Gasteiger partial charge in [-0.05, 0) is 19.1 Å². The van der Waals surface area contributed by atoms with E-state index in [2.05, 4.69) is 10.1 Å². The number of nitrogens with two attached hydrogens (primary N) is 1. The van der Waals surface area contributed by atoms with Crippen LogP contribution in [-0.4, -0.2) is 31.7 Å². The number of hydrogen-bond donors (Lipinski definition) is 1. The molecule has 0 aliphatic heterocycles. The van der Waals surface area contributed by atoms with E-state index in [4.69, 9.17) is 10.5 Å². The molecule has 0 radical (unpaired) electrons. The first-order valence-corrected chi connectivity index (χ1v) is 6.26. The highest BCUT2D eigenvalue weighted by atomic mass is 19.1. The fourth-order valence-corrected chi connectivity index (χ4v) is 2.05. The normalized spacial score (nSPS) is 10.5. The number of imidazole rings is 1. The number of rotatable bonds is 3. The molecule has 0 fully saturated rings. The maximum atomic E-state index is 13.6. The van der Waals surface area contributed by atoms with Crippen LogP contribution < -0.4 is 5.73 Å². The molecule has 0 saturated heterocycles. The molecule has 8 heteroatoms. The van der Waals surface area contributed by atoms with Gasteiger partial charge >= 0.3 is 5.97 Å². The minimum atomic E-state index is -0.551. The lowest BCUT2D eigenvalue weighted by Crippen LogP contribution is -2.11. The van der Waals surface area contributed by atoms with Crippen molar-refractivity contribution < 1.29 is 13.9 Å². The predicted octanol–water partition coefficient (Wildman–Crippen LogP) is 2.05. The van der Waals surface area contributed by atoms with Gasteiger partial charge in [0.15, 0.2) is 11.5 Å². The number of ether oxygens (including phenoxy) is 1. The molecule has 3 aromatic rings. The number of pyridine rings is 1. The Labute approximate surface area is 126 Å². The molecular formula is C14H16FN5O2. The number of carbonyl (C=O) groups excluding carboxylic acids is 1. The lowest BCUT2D eigenvalue weighted by Gasteiger charge is -2.08. The average molecular weight is 305 g/mol. The molecule has 0 aliphatic rings. The standard InChI is InChI=1S/C13H12FN5O2.CH4/c1-2-21-13(20)8-7-17-19(11(8)15)10-4-3-9(14)12-16-5-6-18(10)12;/h3-7H,2,15H2,1H3;1H4. The van der Waals surface area contributed by atoms with E-state index in [0.29, 0.717) is 5.82 Å². The van der Waals surface area contributed by atoms with Crippen LogP contribution in [0.4, 0.5) is 10.2 Å². The Morgan fingerprint density at radius 2 is 2.23 bits per heavy atom. The molecule has 3 aromatic heterocycles. The molecule has 0 bridgehead atoms. The van der Waals surface area contributed by atoms with E-state index in [1.807, 2.05) is 0 Å². The molecule has 116 valence electrons. The van der Waals surface area contributed by atoms with E-state index in [9.17, 15) is 9.18 Å². The number of nitrogen functional groups attached to an aromatic ring is 1. The van der Waals surface area contributed by atoms with E-state index >= 15 is 0 Å². The van der Waals surface area contributed by atoms with Gasteiger partial charge in [-0.2, -0.15) is 5.10 Å². The second-order valence-corrected chi connectivity index (χ2v) is 4.24. The van der Waals surface area contributed by atoms with Gasteiger partial charge in [-0.1, -0.05) is 7.43 Å². The number of fused-ring (bicyclic) bond motifs is 1. The van der Waals surface area contributed by atoms with Crippen molar-refractivity contribution in [3.05, 3.63) is 42.1 Å². The smallest absolute Gasteiger partial charge is 0.343 e. The van der Waals surface area contributed by atoms with Crippen molar-refractivity contribution in [3.8, 4) is 5.82 Å². The Hall–Kier alpha value is -2.90. The van der Waals surface area contributed by atoms with Crippen LogP contribution in [0.5, 0.6) is 0 Å². The van der Waals surface area contributed by atoms with Gasteiger partial charge in [0.05, 0.1) is 12.8 Å². The first-order valence-electron chi connectivity index (χ1n) is 6.26. The minimum Gasteiger partial charge on any atom is -0.462 e. The van der Waals surface area contributed by atoms with E-state index in [-0.39, 0.29) is 31.1 Å². The van der Waals surface area contributed by atoms with Crippen molar-refractivity contribution in [2.75, 3.05) is 12.3 Å². The Bertz CT molecular complexity index is 824. The first kappa shape index (κ1) is 15.5. The van der Waals surface area contributed by atoms with Crippen LogP contribution in [0.15, 0.2) is 30.7 Å². The summed E-state index contributed by atoms with van der Waals surface area (Å²) in [6.45, 7) is 1.94. The third-order valence-electron chi connectivity index (χ3n) is 3.00. The van der Waals surface area contributed by atoms with E-state index in [1.165, 1.54) is 33.6 Å². The maximum absolute atomic E-state index is 13.6. The first-order chi connectivity index (χ1) is 10.1. The summed E-state index contributed by atoms with van der Waals surface area (Å²) in [6, 6.07) is 2.77. The minimum absolute atomic E-state index is 0. The van der Waals surface area contributed by atoms with E-state index < -0.39 is 11.8 Å². The van der Waals surface area contributed by atoms with Crippen molar-refractivity contribution in [2.45, 2.75) is 14.4 Å². The van der Waals surface area contributed by atoms with Crippen LogP contribution in [0, 0.1) is 5.82 Å². The zero-order valence-corrected chi connectivity index (χ0v) is 11.2. The molecule has 22 heavy (non-hydrogen) atoms. The van der Waals surface area contributed by atoms with Crippen LogP contribution in [0.2, 0.25) is 0 Å². The molecule has 0 unspecified atom stereocenters. The monoisotopic (exact) mass is 305 g/mol. The van der Waals surface area contributed by atoms with Crippen LogP contribution in [-0.2, 0) is 4.74 Å². The van der Waals surface area contributed by atoms with Gasteiger partial charge in [0, 0.05) is 12.4 Å². The number of anilines is 1. The number of halogens is 1. The summed E-state index contributed by atoms with van der Waals surface area (Å²) in [7, 11) is 0. The number of nitrogens with zero attached hydrogens (tertiary/aromatic N) is 4. The van der Waals surface area contributed by atoms with Gasteiger partial charge in [-0.25, -0.2) is 18.9 Å². The molecule has 7 nitrogen and oxygen atoms in total. The van der Waals surface area contributed by atoms with E-state index in [0.717, 1.165) is 0 Å². The highest BCUT2D eigenvalue weighted by Crippen LogP contribution is 2.20. The van der Waals surface area contributed by atoms with Gasteiger partial charge in [0.1, 0.15) is 17.2 Å². The fourth-order valence-electron chi connectivity index (χ4n) is 2.05. The Morgan fingerprint density at radius 1 is 1.45 bits per heavy atom. The van der Waals surface area contributed by atoms with Crippen molar-refractivity contribution in [3.63, 3.8) is 0 Å². The molecular weight excluding hydrogens is 289 g/mol. The van der Waals surface area contributed by atoms with Crippen LogP contribution >= 0.6 is 0 Å². The number of hydrogen-bond acceptors (Lipinski definition) is 5. The second kappa shape index (κ2) is 5.84. The van der Waals surface area contributed by atoms with Gasteiger partial charge in [0.2, 0.25) is 0 Å². The molecule has 0 aromatic carbocycles. The van der Waals surface area contributed by atoms with Gasteiger partial charge < -0.3 is 10.5 Å². The van der Waals surface area contributed by atoms with Crippen molar-refractivity contribution in [1.29, 1.82) is 0 Å². The summed E-state index contributed by atoms with van der Waals surface area (Å²) >= 11 is 0. The largest absolute Gasteiger partial charge is 0.462 e. The number of carbonyl (C=O) groups is 1. The molecule has 2 N–H and O–H groups in total. The summed E-state index contributed by atoms with van der Waals surface area (Å²) in [5.74, 6) is -0.419. The molecule has 0 aliphatic carbocycles. The average Bonchev–Trinajstić information content (AvgIpc) is 3.07. The van der Waals surface area contributed by atoms with Gasteiger partial charge in [0.25, 0.3) is 0 Å². The molecule has 0 amide bonds. The third kappa shape index (κ3) is 2.28. The lowest BCUT2D eigenvalue weighted by atomic mass is 10.3. The van der Waals surface area contributed by atoms with Crippen molar-refractivity contribution in [1.82, 2.24) is 19.2 Å². The predicted molar refractivity (Wildman–Crippen MR) is 79.4 cm³/mol. The van der Waals surface area contributed by atoms with Crippen LogP contribution in [0.3, 0.4) is 0 Å². The highest BCUT2D eigenvalue weighted by Gasteiger charge is 2.18. The van der Waals surface area contributed by atoms with Crippen LogP contribution in [0.25, 0.3) is 11.5 Å². The highest BCUT2D eigenvalue weighted by molar-refractivity contribution is 5.94. The molecule has 0 atom stereocenters. The SMILES string of the molecule is C.CCOC(=O)c1cnn(-c2ccc(F)c3nccn23)c1N. The van der Waals surface area contributed by atoms with Crippen molar-refractivity contribution in [2.24, 2.45) is 0 Å². The summed E-state index contributed by atoms with van der Waals surface area (Å²) in [5.41, 5.74) is 6.25. The summed E-state index contributed by atoms with van der Waals surface area (Å²) in [4.78, 5) is 15.7. The summed E-state index contributed by atoms with van der Waals surface area (Å²) < 4.78 is 21.4. The van der Waals surface area contributed by atoms with E-state index in [1.54, 1.807) is 13.1 Å². The molecule has 0 spiro atoms. The number of esters is 1. The van der Waals surface area contributed by atoms with Crippen LogP contribution in [0.1, 0.15) is 24.7 Å². The zero-order valence-electron chi connectivity index (χ0n) is 11.2. The lowest BCUT2D eigenvalue weighted by molar-refractivity contribution is 0.0527. The molecule has 0 saturated carbocycles. The Morgan fingerprint density at radius 3 is 2.95 bits per heavy atom. The summed E-state index contributed by atoms with van der Waals surface area (Å²) in [6.07, 6.45) is 4.37.